The number of phenolic OH excluding ortho intramolecular Hbond substituents is 2. The Morgan fingerprint density at radius 3 is 1.88 bits per heavy atom. The predicted octanol–water partition coefficient (Wildman–Crippen LogP) is 7.23. The average molecular weight is 1110 g/mol. The van der Waals surface area contributed by atoms with E-state index < -0.39 is 93.0 Å². The van der Waals surface area contributed by atoms with Crippen LogP contribution in [-0.2, 0) is 48.2 Å². The third-order valence-corrected chi connectivity index (χ3v) is 19.1. The highest BCUT2D eigenvalue weighted by Gasteiger charge is 2.53. The number of H-pyrrole nitrogens is 1. The standard InChI is InChI=1S/C47H42FN7O16P2S2/c48-38-40-36(69-44(38)55-25-52-39-41(49)50-24-51-42(39)55)21-65-72(62,74-22-26-1-13-32(14-2-26)67-45(59)28-5-9-30(56)10-6-28)70-35-19-34(66-43(35)54-18-17-37(58)53-47(54)61)20-64-73(63,71-40)75-23-27-3-15-33(16-4-27)68-46(60)29-7-11-31(57)12-8-29/h1-18,24-25,34-36,38,40,43-44,56-57H,19-23H2,(H2,49,50,51)(H,53,58,61)/t34-,35+,36?,38+,40+,43+,44+,72?,73?/m0/s1. The first-order valence-electron chi connectivity index (χ1n) is 22.6. The number of hydrogen-bond donors (Lipinski definition) is 4. The van der Waals surface area contributed by atoms with Gasteiger partial charge >= 0.3 is 31.2 Å². The first-order chi connectivity index (χ1) is 36.1. The number of nitrogens with zero attached hydrogens (tertiary/aromatic N) is 5. The number of aromatic amines is 1. The Hall–Kier alpha value is -6.70. The Labute approximate surface area is 431 Å². The van der Waals surface area contributed by atoms with E-state index in [1.807, 2.05) is 0 Å². The van der Waals surface area contributed by atoms with Gasteiger partial charge in [0.15, 0.2) is 30.1 Å². The molecular weight excluding hydrogens is 1060 g/mol. The summed E-state index contributed by atoms with van der Waals surface area (Å²) in [6.07, 6.45) is -7.12. The summed E-state index contributed by atoms with van der Waals surface area (Å²) in [6, 6.07) is 24.6. The van der Waals surface area contributed by atoms with Gasteiger partial charge in [-0.25, -0.2) is 42.9 Å². The number of nitrogen functional groups attached to an aromatic ring is 1. The van der Waals surface area contributed by atoms with Crippen LogP contribution in [0.4, 0.5) is 10.2 Å². The van der Waals surface area contributed by atoms with Gasteiger partial charge in [0.1, 0.15) is 53.2 Å². The van der Waals surface area contributed by atoms with Crippen LogP contribution in [0, 0.1) is 0 Å². The fraction of sp³-hybridized carbons (Fsp3) is 0.255. The summed E-state index contributed by atoms with van der Waals surface area (Å²) in [7, 11) is 0. The molecule has 0 spiro atoms. The normalized spacial score (nSPS) is 25.9. The zero-order valence-electron chi connectivity index (χ0n) is 38.6. The van der Waals surface area contributed by atoms with E-state index in [1.54, 1.807) is 24.3 Å². The monoisotopic (exact) mass is 1110 g/mol. The molecular formula is C47H42FN7O16P2S2. The van der Waals surface area contributed by atoms with Crippen molar-refractivity contribution in [2.75, 3.05) is 18.9 Å². The number of phenols is 2. The number of fused-ring (bicyclic) bond motifs is 4. The van der Waals surface area contributed by atoms with Gasteiger partial charge in [-0.3, -0.25) is 37.0 Å². The smallest absolute Gasteiger partial charge is 0.389 e. The highest BCUT2D eigenvalue weighted by Crippen LogP contribution is 2.67. The van der Waals surface area contributed by atoms with Crippen molar-refractivity contribution < 1.29 is 70.4 Å². The molecule has 390 valence electrons. The summed E-state index contributed by atoms with van der Waals surface area (Å²) < 4.78 is 98.3. The van der Waals surface area contributed by atoms with Gasteiger partial charge in [-0.15, -0.1) is 0 Å². The van der Waals surface area contributed by atoms with Crippen LogP contribution in [0.3, 0.4) is 0 Å². The maximum absolute atomic E-state index is 17.3. The van der Waals surface area contributed by atoms with Crippen LogP contribution < -0.4 is 26.5 Å². The molecule has 23 nitrogen and oxygen atoms in total. The Morgan fingerprint density at radius 2 is 1.29 bits per heavy atom. The number of carbonyl (C=O) groups excluding carboxylic acids is 2. The summed E-state index contributed by atoms with van der Waals surface area (Å²) in [6.45, 7) is -10.2. The van der Waals surface area contributed by atoms with E-state index in [2.05, 4.69) is 19.9 Å². The first-order valence-corrected chi connectivity index (χ1v) is 28.9. The van der Waals surface area contributed by atoms with Crippen LogP contribution in [0.2, 0.25) is 0 Å². The summed E-state index contributed by atoms with van der Waals surface area (Å²) in [5.41, 5.74) is 6.22. The molecule has 0 saturated carbocycles. The molecule has 10 rings (SSSR count). The highest BCUT2D eigenvalue weighted by atomic mass is 32.7. The fourth-order valence-corrected chi connectivity index (χ4v) is 14.8. The molecule has 75 heavy (non-hydrogen) atoms. The number of hydrogen-bond acceptors (Lipinski definition) is 22. The first kappa shape index (κ1) is 51.8. The molecule has 3 aliphatic rings. The lowest BCUT2D eigenvalue weighted by Gasteiger charge is -2.28. The number of aromatic nitrogens is 6. The van der Waals surface area contributed by atoms with Crippen molar-refractivity contribution in [2.24, 2.45) is 0 Å². The summed E-state index contributed by atoms with van der Waals surface area (Å²) in [5, 5.41) is 19.2. The minimum Gasteiger partial charge on any atom is -0.508 e. The van der Waals surface area contributed by atoms with Gasteiger partial charge in [0.25, 0.3) is 5.56 Å². The van der Waals surface area contributed by atoms with E-state index in [0.29, 0.717) is 22.5 Å². The van der Waals surface area contributed by atoms with Gasteiger partial charge in [-0.05, 0) is 107 Å². The number of anilines is 1. The molecule has 5 N–H and O–H groups in total. The van der Waals surface area contributed by atoms with Crippen molar-refractivity contribution in [1.82, 2.24) is 29.1 Å². The van der Waals surface area contributed by atoms with Crippen LogP contribution in [0.25, 0.3) is 11.2 Å². The van der Waals surface area contributed by atoms with Gasteiger partial charge in [0.2, 0.25) is 0 Å². The van der Waals surface area contributed by atoms with Crippen LogP contribution in [0.5, 0.6) is 23.0 Å². The van der Waals surface area contributed by atoms with Crippen LogP contribution in [-0.4, -0.2) is 95.0 Å². The number of halogens is 1. The number of alkyl halides is 1. The number of carbonyl (C=O) groups is 2. The van der Waals surface area contributed by atoms with Crippen LogP contribution in [0.15, 0.2) is 132 Å². The van der Waals surface area contributed by atoms with Gasteiger partial charge in [-0.2, -0.15) is 0 Å². The lowest BCUT2D eigenvalue weighted by atomic mass is 10.1. The number of aromatic hydroxyl groups is 2. The van der Waals surface area contributed by atoms with Gasteiger partial charge in [0, 0.05) is 30.2 Å². The number of benzene rings is 4. The zero-order valence-corrected chi connectivity index (χ0v) is 42.1. The lowest BCUT2D eigenvalue weighted by molar-refractivity contribution is -0.0586. The minimum absolute atomic E-state index is 0.00579. The number of nitrogens with one attached hydrogen (secondary N) is 1. The Kier molecular flexibility index (Phi) is 15.1. The van der Waals surface area contributed by atoms with Crippen molar-refractivity contribution in [1.29, 1.82) is 0 Å². The predicted molar refractivity (Wildman–Crippen MR) is 267 cm³/mol. The maximum atomic E-state index is 17.3. The van der Waals surface area contributed by atoms with E-state index in [4.69, 9.17) is 42.8 Å². The van der Waals surface area contributed by atoms with Crippen molar-refractivity contribution >= 4 is 65.3 Å². The molecule has 9 atom stereocenters. The second kappa shape index (κ2) is 21.9. The topological polar surface area (TPSA) is 307 Å². The fourth-order valence-electron chi connectivity index (χ4n) is 8.02. The van der Waals surface area contributed by atoms with Gasteiger partial charge < -0.3 is 34.9 Å². The van der Waals surface area contributed by atoms with Gasteiger partial charge in [0.05, 0.1) is 36.8 Å². The van der Waals surface area contributed by atoms with E-state index in [0.717, 1.165) is 28.3 Å². The molecule has 3 aromatic heterocycles. The van der Waals surface area contributed by atoms with Gasteiger partial charge in [-0.1, -0.05) is 24.3 Å². The van der Waals surface area contributed by atoms with Crippen LogP contribution >= 0.6 is 36.4 Å². The number of esters is 2. The van der Waals surface area contributed by atoms with E-state index in [-0.39, 0.29) is 69.0 Å². The Morgan fingerprint density at radius 1 is 0.720 bits per heavy atom. The molecule has 4 aromatic carbocycles. The Balaban J connectivity index is 0.935. The van der Waals surface area contributed by atoms with Crippen molar-refractivity contribution in [2.45, 2.75) is 61.0 Å². The van der Waals surface area contributed by atoms with E-state index in [1.165, 1.54) is 89.9 Å². The van der Waals surface area contributed by atoms with Crippen molar-refractivity contribution in [3.05, 3.63) is 165 Å². The quantitative estimate of drug-likeness (QED) is 0.0532. The summed E-state index contributed by atoms with van der Waals surface area (Å²) in [5.74, 6) is -1.11. The average Bonchev–Trinajstić information content (AvgIpc) is 4.10. The van der Waals surface area contributed by atoms with Crippen molar-refractivity contribution in [3.8, 4) is 23.0 Å². The third-order valence-electron chi connectivity index (χ3n) is 11.8. The molecule has 0 radical (unpaired) electrons. The number of nitrogens with two attached hydrogens (primary N) is 1. The maximum Gasteiger partial charge on any atom is 0.389 e. The highest BCUT2D eigenvalue weighted by molar-refractivity contribution is 8.55. The molecule has 3 saturated heterocycles. The molecule has 3 unspecified atom stereocenters. The number of imidazole rings is 1. The SMILES string of the molecule is Nc1ncnc2c1ncn2[C@@H]1OC2COP(=O)(SCc3ccc(OC(=O)c4ccc(O)cc4)cc3)O[C@@H]3C[C@@H](COP(=O)(SCc4ccc(OC(=O)c5ccc(O)cc5)cc4)O[C@H]2[C@H]1F)O[C@H]3n1ccc(=O)[nH]c1=O. The summed E-state index contributed by atoms with van der Waals surface area (Å²) >= 11 is 1.43. The molecule has 28 heteroatoms. The van der Waals surface area contributed by atoms with E-state index in [9.17, 15) is 29.4 Å². The third kappa shape index (κ3) is 11.9. The van der Waals surface area contributed by atoms with Crippen molar-refractivity contribution in [3.63, 3.8) is 0 Å². The molecule has 3 aliphatic heterocycles. The molecule has 7 aromatic rings. The summed E-state index contributed by atoms with van der Waals surface area (Å²) in [4.78, 5) is 65.4. The molecule has 2 bridgehead atoms. The van der Waals surface area contributed by atoms with Crippen LogP contribution in [0.1, 0.15) is 50.7 Å². The number of rotatable bonds is 12. The second-order valence-corrected chi connectivity index (χ2v) is 25.0. The second-order valence-electron chi connectivity index (χ2n) is 16.9. The molecule has 6 heterocycles. The molecule has 3 fully saturated rings. The largest absolute Gasteiger partial charge is 0.508 e. The lowest BCUT2D eigenvalue weighted by Crippen LogP contribution is -2.36. The zero-order chi connectivity index (χ0) is 52.4. The molecule has 0 amide bonds. The number of ether oxygens (including phenoxy) is 4. The van der Waals surface area contributed by atoms with E-state index >= 15 is 13.5 Å². The molecule has 0 aliphatic carbocycles. The minimum atomic E-state index is -4.54. The Bertz CT molecular complexity index is 3450.